The number of sulfone groups is 1. The van der Waals surface area contributed by atoms with Gasteiger partial charge in [0.2, 0.25) is 0 Å². The summed E-state index contributed by atoms with van der Waals surface area (Å²) in [6.45, 7) is 1.76. The summed E-state index contributed by atoms with van der Waals surface area (Å²) in [4.78, 5) is 0.373. The van der Waals surface area contributed by atoms with Gasteiger partial charge in [0, 0.05) is 18.8 Å². The molecule has 0 amide bonds. The highest BCUT2D eigenvalue weighted by Gasteiger charge is 2.20. The molecule has 0 saturated heterocycles. The van der Waals surface area contributed by atoms with Gasteiger partial charge in [-0.15, -0.1) is 0 Å². The second-order valence-corrected chi connectivity index (χ2v) is 7.50. The Hall–Kier alpha value is -0.910. The van der Waals surface area contributed by atoms with E-state index in [1.165, 1.54) is 12.7 Å². The van der Waals surface area contributed by atoms with Crippen LogP contribution >= 0.6 is 0 Å². The molecule has 0 spiro atoms. The lowest BCUT2D eigenvalue weighted by Gasteiger charge is -2.11. The molecule has 19 heavy (non-hydrogen) atoms. The van der Waals surface area contributed by atoms with Crippen molar-refractivity contribution >= 4 is 9.84 Å². The second-order valence-electron chi connectivity index (χ2n) is 5.49. The Kier molecular flexibility index (Phi) is 4.60. The fourth-order valence-corrected chi connectivity index (χ4v) is 3.20. The van der Waals surface area contributed by atoms with E-state index >= 15 is 0 Å². The third kappa shape index (κ3) is 4.30. The Bertz CT molecular complexity index is 511. The van der Waals surface area contributed by atoms with Gasteiger partial charge in [0.25, 0.3) is 0 Å². The lowest BCUT2D eigenvalue weighted by molar-refractivity contribution is 0.482. The number of hydrogen-bond donors (Lipinski definition) is 2. The van der Waals surface area contributed by atoms with Crippen LogP contribution in [-0.2, 0) is 16.4 Å². The molecular weight excluding hydrogens is 260 g/mol. The van der Waals surface area contributed by atoms with E-state index in [2.05, 4.69) is 5.32 Å². The minimum atomic E-state index is -3.09. The van der Waals surface area contributed by atoms with Gasteiger partial charge in [-0.3, -0.25) is 0 Å². The average molecular weight is 282 g/mol. The summed E-state index contributed by atoms with van der Waals surface area (Å²) in [5.41, 5.74) is 6.99. The summed E-state index contributed by atoms with van der Waals surface area (Å²) in [5.74, 6) is 0.685. The largest absolute Gasteiger partial charge is 0.328 e. The molecule has 106 valence electrons. The van der Waals surface area contributed by atoms with E-state index < -0.39 is 9.84 Å². The Labute approximate surface area is 115 Å². The zero-order valence-corrected chi connectivity index (χ0v) is 12.1. The molecule has 0 aromatic heterocycles. The molecule has 1 aromatic rings. The monoisotopic (exact) mass is 282 g/mol. The predicted molar refractivity (Wildman–Crippen MR) is 76.6 cm³/mol. The number of benzene rings is 1. The minimum Gasteiger partial charge on any atom is -0.328 e. The standard InChI is InChI=1S/C14H22N2O2S/c1-19(17,18)14-6-3-11(4-7-14)9-16-10-12-2-5-13(15)8-12/h3-4,6-7,12-13,16H,2,5,8-10,15H2,1H3. The van der Waals surface area contributed by atoms with E-state index in [0.29, 0.717) is 16.9 Å². The van der Waals surface area contributed by atoms with Crippen LogP contribution in [-0.4, -0.2) is 27.3 Å². The van der Waals surface area contributed by atoms with Crippen LogP contribution in [0.5, 0.6) is 0 Å². The summed E-state index contributed by atoms with van der Waals surface area (Å²) in [6.07, 6.45) is 4.68. The maximum atomic E-state index is 11.3. The molecule has 0 radical (unpaired) electrons. The van der Waals surface area contributed by atoms with Crippen molar-refractivity contribution in [3.63, 3.8) is 0 Å². The summed E-state index contributed by atoms with van der Waals surface area (Å²) < 4.78 is 22.7. The van der Waals surface area contributed by atoms with Crippen molar-refractivity contribution in [1.82, 2.24) is 5.32 Å². The maximum absolute atomic E-state index is 11.3. The summed E-state index contributed by atoms with van der Waals surface area (Å²) in [5, 5.41) is 3.42. The van der Waals surface area contributed by atoms with Gasteiger partial charge in [-0.1, -0.05) is 12.1 Å². The predicted octanol–water partition coefficient (Wildman–Crippen LogP) is 1.31. The normalized spacial score (nSPS) is 23.7. The fraction of sp³-hybridized carbons (Fsp3) is 0.571. The van der Waals surface area contributed by atoms with Crippen molar-refractivity contribution in [3.05, 3.63) is 29.8 Å². The molecular formula is C14H22N2O2S. The van der Waals surface area contributed by atoms with Crippen molar-refractivity contribution in [1.29, 1.82) is 0 Å². The van der Waals surface area contributed by atoms with Crippen LogP contribution in [0.3, 0.4) is 0 Å². The quantitative estimate of drug-likeness (QED) is 0.854. The molecule has 2 atom stereocenters. The zero-order valence-electron chi connectivity index (χ0n) is 11.3. The number of rotatable bonds is 5. The van der Waals surface area contributed by atoms with Crippen molar-refractivity contribution in [2.45, 2.75) is 36.7 Å². The van der Waals surface area contributed by atoms with E-state index in [4.69, 9.17) is 5.73 Å². The fourth-order valence-electron chi connectivity index (χ4n) is 2.57. The Morgan fingerprint density at radius 2 is 1.95 bits per heavy atom. The first-order valence-electron chi connectivity index (χ1n) is 6.70. The summed E-state index contributed by atoms with van der Waals surface area (Å²) in [7, 11) is -3.09. The molecule has 1 aromatic carbocycles. The second kappa shape index (κ2) is 6.03. The Morgan fingerprint density at radius 1 is 1.26 bits per heavy atom. The van der Waals surface area contributed by atoms with Gasteiger partial charge in [0.05, 0.1) is 4.90 Å². The van der Waals surface area contributed by atoms with Gasteiger partial charge < -0.3 is 11.1 Å². The van der Waals surface area contributed by atoms with Crippen molar-refractivity contribution < 1.29 is 8.42 Å². The van der Waals surface area contributed by atoms with E-state index in [1.54, 1.807) is 12.1 Å². The average Bonchev–Trinajstić information content (AvgIpc) is 2.75. The van der Waals surface area contributed by atoms with Gasteiger partial charge in [0.1, 0.15) is 0 Å². The molecule has 1 aliphatic carbocycles. The lowest BCUT2D eigenvalue weighted by atomic mass is 10.1. The summed E-state index contributed by atoms with van der Waals surface area (Å²) in [6, 6.07) is 7.43. The zero-order chi connectivity index (χ0) is 13.9. The van der Waals surface area contributed by atoms with Crippen molar-refractivity contribution in [2.75, 3.05) is 12.8 Å². The molecule has 1 fully saturated rings. The third-order valence-electron chi connectivity index (χ3n) is 3.70. The highest BCUT2D eigenvalue weighted by atomic mass is 32.2. The van der Waals surface area contributed by atoms with Crippen LogP contribution in [0.4, 0.5) is 0 Å². The van der Waals surface area contributed by atoms with Gasteiger partial charge >= 0.3 is 0 Å². The maximum Gasteiger partial charge on any atom is 0.175 e. The molecule has 3 N–H and O–H groups in total. The highest BCUT2D eigenvalue weighted by molar-refractivity contribution is 7.90. The minimum absolute atomic E-state index is 0.373. The number of hydrogen-bond acceptors (Lipinski definition) is 4. The first-order chi connectivity index (χ1) is 8.95. The molecule has 1 saturated carbocycles. The molecule has 1 aliphatic rings. The van der Waals surface area contributed by atoms with Crippen LogP contribution in [0.2, 0.25) is 0 Å². The smallest absolute Gasteiger partial charge is 0.175 e. The van der Waals surface area contributed by atoms with Gasteiger partial charge in [-0.05, 0) is 49.4 Å². The SMILES string of the molecule is CS(=O)(=O)c1ccc(CNCC2CCC(N)C2)cc1. The van der Waals surface area contributed by atoms with Crippen LogP contribution in [0.15, 0.2) is 29.2 Å². The number of nitrogens with two attached hydrogens (primary N) is 1. The topological polar surface area (TPSA) is 72.2 Å². The third-order valence-corrected chi connectivity index (χ3v) is 4.82. The van der Waals surface area contributed by atoms with Gasteiger partial charge in [0.15, 0.2) is 9.84 Å². The van der Waals surface area contributed by atoms with Crippen LogP contribution in [0, 0.1) is 5.92 Å². The van der Waals surface area contributed by atoms with Crippen molar-refractivity contribution in [3.8, 4) is 0 Å². The molecule has 2 unspecified atom stereocenters. The molecule has 2 rings (SSSR count). The van der Waals surface area contributed by atoms with Crippen molar-refractivity contribution in [2.24, 2.45) is 11.7 Å². The number of nitrogens with one attached hydrogen (secondary N) is 1. The molecule has 5 heteroatoms. The summed E-state index contributed by atoms with van der Waals surface area (Å²) >= 11 is 0. The van der Waals surface area contributed by atoms with Gasteiger partial charge in [-0.2, -0.15) is 0 Å². The first kappa shape index (κ1) is 14.5. The molecule has 4 nitrogen and oxygen atoms in total. The van der Waals surface area contributed by atoms with Crippen LogP contribution in [0.25, 0.3) is 0 Å². The molecule has 0 heterocycles. The highest BCUT2D eigenvalue weighted by Crippen LogP contribution is 2.23. The molecule has 0 aliphatic heterocycles. The Balaban J connectivity index is 1.80. The van der Waals surface area contributed by atoms with E-state index in [9.17, 15) is 8.42 Å². The Morgan fingerprint density at radius 3 is 2.47 bits per heavy atom. The van der Waals surface area contributed by atoms with Crippen LogP contribution < -0.4 is 11.1 Å². The van der Waals surface area contributed by atoms with E-state index in [0.717, 1.165) is 31.5 Å². The van der Waals surface area contributed by atoms with Gasteiger partial charge in [-0.25, -0.2) is 8.42 Å². The first-order valence-corrected chi connectivity index (χ1v) is 8.59. The van der Waals surface area contributed by atoms with Crippen LogP contribution in [0.1, 0.15) is 24.8 Å². The van der Waals surface area contributed by atoms with E-state index in [-0.39, 0.29) is 0 Å². The molecule has 0 bridgehead atoms. The lowest BCUT2D eigenvalue weighted by Crippen LogP contribution is -2.22. The van der Waals surface area contributed by atoms with E-state index in [1.807, 2.05) is 12.1 Å².